The molecule has 1 unspecified atom stereocenters. The highest BCUT2D eigenvalue weighted by Crippen LogP contribution is 2.66. The molecule has 1 saturated carbocycles. The Bertz CT molecular complexity index is 1030. The van der Waals surface area contributed by atoms with Crippen LogP contribution in [0.25, 0.3) is 0 Å². The molecule has 29 heavy (non-hydrogen) atoms. The molecular weight excluding hydrogens is 361 g/mol. The van der Waals surface area contributed by atoms with Crippen molar-refractivity contribution in [1.82, 2.24) is 0 Å². The summed E-state index contributed by atoms with van der Waals surface area (Å²) in [5.74, 6) is 1.44. The second kappa shape index (κ2) is 6.79. The topological polar surface area (TPSA) is 41.4 Å². The minimum atomic E-state index is -0.180. The van der Waals surface area contributed by atoms with E-state index in [1.807, 2.05) is 6.07 Å². The van der Waals surface area contributed by atoms with Crippen LogP contribution in [-0.4, -0.2) is 21.8 Å². The number of nitrogens with zero attached hydrogens (tertiary/aromatic N) is 2. The van der Waals surface area contributed by atoms with Crippen LogP contribution in [0.4, 0.5) is 10.1 Å². The zero-order valence-corrected chi connectivity index (χ0v) is 18.1. The van der Waals surface area contributed by atoms with Crippen LogP contribution >= 0.6 is 0 Å². The van der Waals surface area contributed by atoms with E-state index in [1.165, 1.54) is 0 Å². The molecule has 2 aromatic rings. The number of halogens is 1. The fraction of sp³-hybridized carbons (Fsp3) is 0.440. The van der Waals surface area contributed by atoms with E-state index in [0.29, 0.717) is 6.42 Å². The van der Waals surface area contributed by atoms with Crippen molar-refractivity contribution in [2.45, 2.75) is 71.3 Å². The summed E-state index contributed by atoms with van der Waals surface area (Å²) in [6, 6.07) is 11.5. The second-order valence-corrected chi connectivity index (χ2v) is 8.54. The first-order chi connectivity index (χ1) is 13.8. The quantitative estimate of drug-likeness (QED) is 0.416. The van der Waals surface area contributed by atoms with E-state index in [0.717, 1.165) is 58.9 Å². The van der Waals surface area contributed by atoms with Gasteiger partial charge in [0, 0.05) is 18.3 Å². The van der Waals surface area contributed by atoms with Gasteiger partial charge >= 0.3 is 0 Å². The van der Waals surface area contributed by atoms with Gasteiger partial charge in [-0.25, -0.2) is 4.39 Å². The van der Waals surface area contributed by atoms with Crippen LogP contribution in [0.1, 0.15) is 68.7 Å². The lowest BCUT2D eigenvalue weighted by Crippen LogP contribution is -2.38. The molecule has 1 heterocycles. The first-order valence-corrected chi connectivity index (χ1v) is 10.7. The van der Waals surface area contributed by atoms with E-state index >= 15 is 0 Å². The largest absolute Gasteiger partial charge is 0.322 e. The monoisotopic (exact) mass is 392 g/mol. The lowest BCUT2D eigenvalue weighted by atomic mass is 9.81. The average Bonchev–Trinajstić information content (AvgIpc) is 3.40. The van der Waals surface area contributed by atoms with Gasteiger partial charge in [-0.1, -0.05) is 39.0 Å². The molecule has 3 nitrogen and oxygen atoms in total. The third-order valence-corrected chi connectivity index (χ3v) is 7.13. The Morgan fingerprint density at radius 3 is 2.38 bits per heavy atom. The molecule has 152 valence electrons. The van der Waals surface area contributed by atoms with Crippen molar-refractivity contribution in [3.05, 3.63) is 64.5 Å². The molecular formula is C25H31FN3+. The second-order valence-electron chi connectivity index (χ2n) is 8.54. The average molecular weight is 393 g/mol. The van der Waals surface area contributed by atoms with Crippen molar-refractivity contribution in [2.75, 3.05) is 0 Å². The highest BCUT2D eigenvalue weighted by Gasteiger charge is 2.72. The number of fused-ring (bicyclic) bond motifs is 3. The Morgan fingerprint density at radius 2 is 1.79 bits per heavy atom. The number of aryl methyl sites for hydroxylation is 2. The van der Waals surface area contributed by atoms with Gasteiger partial charge in [0.2, 0.25) is 0 Å². The van der Waals surface area contributed by atoms with Gasteiger partial charge < -0.3 is 5.73 Å². The number of hydrogen-bond acceptors (Lipinski definition) is 1. The molecule has 2 N–H and O–H groups in total. The third-order valence-electron chi connectivity index (χ3n) is 7.13. The summed E-state index contributed by atoms with van der Waals surface area (Å²) >= 11 is 0. The fourth-order valence-corrected chi connectivity index (χ4v) is 5.38. The van der Waals surface area contributed by atoms with Gasteiger partial charge in [-0.3, -0.25) is 0 Å². The number of benzene rings is 2. The van der Waals surface area contributed by atoms with E-state index in [2.05, 4.69) is 57.4 Å². The van der Waals surface area contributed by atoms with Crippen LogP contribution in [0, 0.1) is 19.7 Å². The maximum absolute atomic E-state index is 14.3. The summed E-state index contributed by atoms with van der Waals surface area (Å²) in [4.78, 5) is 5.37. The summed E-state index contributed by atoms with van der Waals surface area (Å²) in [6.45, 7) is 10.7. The van der Waals surface area contributed by atoms with E-state index in [9.17, 15) is 4.39 Å². The predicted octanol–water partition coefficient (Wildman–Crippen LogP) is 5.51. The number of nitrogens with two attached hydrogens (primary N) is 1. The van der Waals surface area contributed by atoms with Crippen molar-refractivity contribution >= 4 is 17.4 Å². The summed E-state index contributed by atoms with van der Waals surface area (Å²) in [5, 5.41) is 0. The van der Waals surface area contributed by atoms with Gasteiger partial charge in [0.1, 0.15) is 17.0 Å². The van der Waals surface area contributed by atoms with Gasteiger partial charge in [-0.05, 0) is 61.6 Å². The van der Waals surface area contributed by atoms with Gasteiger partial charge in [0.05, 0.1) is 5.56 Å². The van der Waals surface area contributed by atoms with Gasteiger partial charge in [-0.2, -0.15) is 4.58 Å². The van der Waals surface area contributed by atoms with Crippen molar-refractivity contribution < 1.29 is 8.97 Å². The van der Waals surface area contributed by atoms with Gasteiger partial charge in [0.15, 0.2) is 5.84 Å². The maximum atomic E-state index is 14.3. The number of rotatable bonds is 4. The van der Waals surface area contributed by atoms with Crippen LogP contribution in [0.3, 0.4) is 0 Å². The normalized spacial score (nSPS) is 25.7. The van der Waals surface area contributed by atoms with Crippen LogP contribution in [0.15, 0.2) is 41.4 Å². The molecule has 4 rings (SSSR count). The molecule has 1 fully saturated rings. The summed E-state index contributed by atoms with van der Waals surface area (Å²) < 4.78 is 16.5. The van der Waals surface area contributed by atoms with E-state index in [-0.39, 0.29) is 16.8 Å². The zero-order valence-electron chi connectivity index (χ0n) is 18.1. The minimum Gasteiger partial charge on any atom is -0.322 e. The van der Waals surface area contributed by atoms with Gasteiger partial charge in [-0.15, -0.1) is 4.99 Å². The highest BCUT2D eigenvalue weighted by atomic mass is 19.1. The molecule has 0 saturated heterocycles. The van der Waals surface area contributed by atoms with E-state index < -0.39 is 0 Å². The number of para-hydroxylation sites is 1. The van der Waals surface area contributed by atoms with Crippen molar-refractivity contribution in [3.63, 3.8) is 0 Å². The molecule has 0 spiro atoms. The van der Waals surface area contributed by atoms with E-state index in [4.69, 9.17) is 10.7 Å². The maximum Gasteiger partial charge on any atom is 0.270 e. The fourth-order valence-electron chi connectivity index (χ4n) is 5.38. The Balaban J connectivity index is 2.05. The van der Waals surface area contributed by atoms with Crippen LogP contribution < -0.4 is 5.73 Å². The summed E-state index contributed by atoms with van der Waals surface area (Å²) in [5.41, 5.74) is 11.9. The lowest BCUT2D eigenvalue weighted by Gasteiger charge is -2.28. The molecule has 1 aliphatic carbocycles. The molecule has 2 aliphatic rings. The van der Waals surface area contributed by atoms with Gasteiger partial charge in [0.25, 0.3) is 5.84 Å². The Morgan fingerprint density at radius 1 is 1.10 bits per heavy atom. The Hall–Kier alpha value is -2.49. The number of hydrogen-bond donors (Lipinski definition) is 1. The molecule has 2 aromatic carbocycles. The van der Waals surface area contributed by atoms with Crippen molar-refractivity contribution in [2.24, 2.45) is 10.7 Å². The molecule has 0 amide bonds. The predicted molar refractivity (Wildman–Crippen MR) is 118 cm³/mol. The number of aliphatic imine (C=N–C) groups is 1. The molecule has 0 bridgehead atoms. The zero-order chi connectivity index (χ0) is 21.0. The SMILES string of the molecule is CCC(N)=[N+](C1=N[C@@]2(CC)CC2(CC)c2cc(F)ccc21)c1c(C)cccc1C. The Kier molecular flexibility index (Phi) is 4.64. The standard InChI is InChI=1S/C25H30FN3/c1-6-21(27)29(22-16(4)10-9-11-17(22)5)23-19-13-12-18(26)14-20(19)24(7-2)15-25(24,8-3)28-23/h9-14,27H,6-8,15H2,1-5H3/p+1/t24?,25-/m0/s1. The summed E-state index contributed by atoms with van der Waals surface area (Å²) in [7, 11) is 0. The van der Waals surface area contributed by atoms with Crippen molar-refractivity contribution in [3.8, 4) is 0 Å². The third kappa shape index (κ3) is 2.68. The molecule has 0 aromatic heterocycles. The first-order valence-electron chi connectivity index (χ1n) is 10.7. The molecule has 2 atom stereocenters. The minimum absolute atomic E-state index is 0.0594. The summed E-state index contributed by atoms with van der Waals surface area (Å²) in [6.07, 6.45) is 3.58. The molecule has 1 aliphatic heterocycles. The highest BCUT2D eigenvalue weighted by molar-refractivity contribution is 6.02. The lowest BCUT2D eigenvalue weighted by molar-refractivity contribution is -0.310. The first kappa shape index (κ1) is 19.8. The van der Waals surface area contributed by atoms with Crippen LogP contribution in [0.5, 0.6) is 0 Å². The van der Waals surface area contributed by atoms with Crippen LogP contribution in [-0.2, 0) is 5.41 Å². The van der Waals surface area contributed by atoms with E-state index in [1.54, 1.807) is 12.1 Å². The molecule has 0 radical (unpaired) electrons. The number of amidine groups is 2. The molecule has 4 heteroatoms. The van der Waals surface area contributed by atoms with Crippen molar-refractivity contribution in [1.29, 1.82) is 0 Å². The Labute approximate surface area is 173 Å². The smallest absolute Gasteiger partial charge is 0.270 e. The van der Waals surface area contributed by atoms with Crippen LogP contribution in [0.2, 0.25) is 0 Å².